The first-order valence-corrected chi connectivity index (χ1v) is 7.21. The predicted octanol–water partition coefficient (Wildman–Crippen LogP) is 0.302. The lowest BCUT2D eigenvalue weighted by atomic mass is 10.0. The highest BCUT2D eigenvalue weighted by Crippen LogP contribution is 2.20. The molecule has 108 valence electrons. The van der Waals surface area contributed by atoms with E-state index >= 15 is 0 Å². The molecule has 9 heteroatoms. The number of hydrogen-bond acceptors (Lipinski definition) is 5. The molecule has 0 saturated heterocycles. The molecule has 1 aromatic heterocycles. The van der Waals surface area contributed by atoms with Crippen molar-refractivity contribution < 1.29 is 13.6 Å². The van der Waals surface area contributed by atoms with Crippen molar-refractivity contribution in [1.82, 2.24) is 9.78 Å². The van der Waals surface area contributed by atoms with Gasteiger partial charge in [-0.1, -0.05) is 25.9 Å². The highest BCUT2D eigenvalue weighted by Gasteiger charge is 2.24. The number of hydrogen-bond donors (Lipinski definition) is 3. The van der Waals surface area contributed by atoms with Crippen LogP contribution in [-0.2, 0) is 17.1 Å². The molecule has 19 heavy (non-hydrogen) atoms. The lowest BCUT2D eigenvalue weighted by Gasteiger charge is -2.19. The number of aromatic nitrogens is 2. The lowest BCUT2D eigenvalue weighted by Crippen LogP contribution is -2.28. The van der Waals surface area contributed by atoms with Crippen LogP contribution in [0.2, 0.25) is 0 Å². The van der Waals surface area contributed by atoms with Gasteiger partial charge in [-0.15, -0.1) is 0 Å². The van der Waals surface area contributed by atoms with E-state index in [1.165, 1.54) is 10.9 Å². The monoisotopic (exact) mass is 289 g/mol. The molecule has 0 aliphatic carbocycles. The Morgan fingerprint density at radius 1 is 1.58 bits per heavy atom. The van der Waals surface area contributed by atoms with Gasteiger partial charge in [-0.25, -0.2) is 8.42 Å². The zero-order valence-electron chi connectivity index (χ0n) is 11.4. The van der Waals surface area contributed by atoms with Crippen molar-refractivity contribution in [2.45, 2.75) is 20.8 Å². The third-order valence-electron chi connectivity index (χ3n) is 2.20. The summed E-state index contributed by atoms with van der Waals surface area (Å²) in [7, 11) is -1.99. The fraction of sp³-hybridized carbons (Fsp3) is 0.600. The Labute approximate surface area is 112 Å². The average Bonchev–Trinajstić information content (AvgIpc) is 2.55. The van der Waals surface area contributed by atoms with Crippen molar-refractivity contribution >= 4 is 21.7 Å². The van der Waals surface area contributed by atoms with E-state index in [4.69, 9.17) is 10.9 Å². The third kappa shape index (κ3) is 4.12. The molecule has 8 nitrogen and oxygen atoms in total. The minimum Gasteiger partial charge on any atom is -0.409 e. The van der Waals surface area contributed by atoms with Crippen molar-refractivity contribution in [1.29, 1.82) is 0 Å². The standard InChI is InChI=1S/C10H19N5O3S/c1-10(2,3)6-19(17,18)14-9-7(8(11)13-16)5-12-15(9)4/h5,14,16H,6H2,1-4H3,(H2,11,13). The largest absolute Gasteiger partial charge is 0.409 e. The van der Waals surface area contributed by atoms with Gasteiger partial charge in [0.25, 0.3) is 0 Å². The van der Waals surface area contributed by atoms with Gasteiger partial charge in [-0.05, 0) is 5.41 Å². The van der Waals surface area contributed by atoms with Gasteiger partial charge in [0.2, 0.25) is 10.0 Å². The number of nitrogens with zero attached hydrogens (tertiary/aromatic N) is 3. The van der Waals surface area contributed by atoms with Crippen molar-refractivity contribution in [3.63, 3.8) is 0 Å². The number of nitrogens with one attached hydrogen (secondary N) is 1. The van der Waals surface area contributed by atoms with Crippen LogP contribution in [0.15, 0.2) is 11.4 Å². The second-order valence-electron chi connectivity index (χ2n) is 5.44. The maximum absolute atomic E-state index is 12.0. The van der Waals surface area contributed by atoms with Gasteiger partial charge in [0.1, 0.15) is 5.82 Å². The molecule has 0 aromatic carbocycles. The summed E-state index contributed by atoms with van der Waals surface area (Å²) in [5.41, 5.74) is 5.30. The Balaban J connectivity index is 3.10. The molecule has 1 aromatic rings. The molecule has 0 spiro atoms. The number of rotatable bonds is 4. The van der Waals surface area contributed by atoms with Crippen molar-refractivity contribution in [3.8, 4) is 0 Å². The van der Waals surface area contributed by atoms with Crippen molar-refractivity contribution in [2.75, 3.05) is 10.5 Å². The van der Waals surface area contributed by atoms with Gasteiger partial charge in [0, 0.05) is 7.05 Å². The maximum atomic E-state index is 12.0. The summed E-state index contributed by atoms with van der Waals surface area (Å²) in [6, 6.07) is 0. The van der Waals surface area contributed by atoms with E-state index in [0.29, 0.717) is 0 Å². The molecule has 0 amide bonds. The van der Waals surface area contributed by atoms with Crippen LogP contribution in [0.5, 0.6) is 0 Å². The topological polar surface area (TPSA) is 123 Å². The normalized spacial score (nSPS) is 13.6. The molecule has 0 unspecified atom stereocenters. The fourth-order valence-corrected chi connectivity index (χ4v) is 3.30. The second kappa shape index (κ2) is 5.08. The van der Waals surface area contributed by atoms with Gasteiger partial charge in [0.15, 0.2) is 5.84 Å². The Kier molecular flexibility index (Phi) is 4.09. The first-order chi connectivity index (χ1) is 8.56. The summed E-state index contributed by atoms with van der Waals surface area (Å²) in [6.45, 7) is 5.46. The summed E-state index contributed by atoms with van der Waals surface area (Å²) in [6.07, 6.45) is 1.32. The summed E-state index contributed by atoms with van der Waals surface area (Å²) < 4.78 is 27.8. The van der Waals surface area contributed by atoms with Gasteiger partial charge in [0.05, 0.1) is 17.5 Å². The van der Waals surface area contributed by atoms with Crippen LogP contribution in [-0.4, -0.2) is 35.0 Å². The molecule has 4 N–H and O–H groups in total. The first kappa shape index (κ1) is 15.3. The number of nitrogens with two attached hydrogens (primary N) is 1. The third-order valence-corrected chi connectivity index (χ3v) is 3.95. The smallest absolute Gasteiger partial charge is 0.234 e. The molecule has 0 aliphatic rings. The number of amidine groups is 1. The minimum absolute atomic E-state index is 0.0548. The van der Waals surface area contributed by atoms with Crippen molar-refractivity contribution in [2.24, 2.45) is 23.4 Å². The van der Waals surface area contributed by atoms with Crippen LogP contribution >= 0.6 is 0 Å². The highest BCUT2D eigenvalue weighted by molar-refractivity contribution is 7.92. The maximum Gasteiger partial charge on any atom is 0.234 e. The number of sulfonamides is 1. The number of anilines is 1. The Morgan fingerprint density at radius 3 is 2.63 bits per heavy atom. The van der Waals surface area contributed by atoms with Crippen LogP contribution < -0.4 is 10.5 Å². The quantitative estimate of drug-likeness (QED) is 0.318. The summed E-state index contributed by atoms with van der Waals surface area (Å²) in [5.74, 6) is -0.0954. The van der Waals surface area contributed by atoms with Crippen LogP contribution in [0.3, 0.4) is 0 Å². The Morgan fingerprint density at radius 2 is 2.16 bits per heavy atom. The average molecular weight is 289 g/mol. The number of oxime groups is 1. The van der Waals surface area contributed by atoms with Gasteiger partial charge < -0.3 is 10.9 Å². The van der Waals surface area contributed by atoms with Crippen LogP contribution in [0.25, 0.3) is 0 Å². The van der Waals surface area contributed by atoms with Gasteiger partial charge >= 0.3 is 0 Å². The molecule has 1 rings (SSSR count). The van der Waals surface area contributed by atoms with Crippen LogP contribution in [0.4, 0.5) is 5.82 Å². The van der Waals surface area contributed by atoms with E-state index in [1.54, 1.807) is 7.05 Å². The molecule has 1 heterocycles. The van der Waals surface area contributed by atoms with E-state index in [2.05, 4.69) is 15.0 Å². The first-order valence-electron chi connectivity index (χ1n) is 5.56. The SMILES string of the molecule is Cn1ncc(C(N)=NO)c1NS(=O)(=O)CC(C)(C)C. The van der Waals surface area contributed by atoms with E-state index in [-0.39, 0.29) is 28.4 Å². The van der Waals surface area contributed by atoms with E-state index in [9.17, 15) is 8.42 Å². The highest BCUT2D eigenvalue weighted by atomic mass is 32.2. The minimum atomic E-state index is -3.55. The molecule has 0 bridgehead atoms. The molecule has 0 atom stereocenters. The molecule has 0 radical (unpaired) electrons. The molecule has 0 aliphatic heterocycles. The van der Waals surface area contributed by atoms with Crippen molar-refractivity contribution in [3.05, 3.63) is 11.8 Å². The predicted molar refractivity (Wildman–Crippen MR) is 72.6 cm³/mol. The Bertz CT molecular complexity index is 583. The van der Waals surface area contributed by atoms with E-state index in [1.807, 2.05) is 20.8 Å². The zero-order valence-corrected chi connectivity index (χ0v) is 12.2. The summed E-state index contributed by atoms with van der Waals surface area (Å²) in [5, 5.41) is 15.4. The van der Waals surface area contributed by atoms with Crippen LogP contribution in [0, 0.1) is 5.41 Å². The van der Waals surface area contributed by atoms with Crippen LogP contribution in [0.1, 0.15) is 26.3 Å². The van der Waals surface area contributed by atoms with Gasteiger partial charge in [-0.3, -0.25) is 9.40 Å². The lowest BCUT2D eigenvalue weighted by molar-refractivity contribution is 0.318. The van der Waals surface area contributed by atoms with Gasteiger partial charge in [-0.2, -0.15) is 5.10 Å². The molecule has 0 saturated carbocycles. The molecular weight excluding hydrogens is 270 g/mol. The molecule has 0 fully saturated rings. The summed E-state index contributed by atoms with van der Waals surface area (Å²) >= 11 is 0. The molecular formula is C10H19N5O3S. The second-order valence-corrected chi connectivity index (χ2v) is 7.16. The van der Waals surface area contributed by atoms with E-state index in [0.717, 1.165) is 0 Å². The van der Waals surface area contributed by atoms with E-state index < -0.39 is 10.0 Å². The fourth-order valence-electron chi connectivity index (χ4n) is 1.55. The summed E-state index contributed by atoms with van der Waals surface area (Å²) in [4.78, 5) is 0. The zero-order chi connectivity index (χ0) is 14.8. The Hall–Kier alpha value is -1.77. The number of aryl methyl sites for hydroxylation is 1.